The molecule has 0 aliphatic rings. The summed E-state index contributed by atoms with van der Waals surface area (Å²) in [6.07, 6.45) is 0.0116. The number of amides is 1. The van der Waals surface area contributed by atoms with Gasteiger partial charge in [-0.15, -0.1) is 0 Å². The van der Waals surface area contributed by atoms with Crippen molar-refractivity contribution in [3.8, 4) is 0 Å². The number of Topliss-reactive ketones (excluding diaryl/α,β-unsaturated/α-hetero) is 1. The summed E-state index contributed by atoms with van der Waals surface area (Å²) in [7, 11) is 0. The predicted molar refractivity (Wildman–Crippen MR) is 51.3 cm³/mol. The van der Waals surface area contributed by atoms with Gasteiger partial charge in [0.05, 0.1) is 6.61 Å². The molecule has 0 fully saturated rings. The van der Waals surface area contributed by atoms with E-state index in [2.05, 4.69) is 10.5 Å². The van der Waals surface area contributed by atoms with Gasteiger partial charge in [0.15, 0.2) is 0 Å². The molecule has 0 spiro atoms. The predicted octanol–water partition coefficient (Wildman–Crippen LogP) is 1.72. The van der Waals surface area contributed by atoms with Gasteiger partial charge in [0.25, 0.3) is 0 Å². The van der Waals surface area contributed by atoms with Gasteiger partial charge in [-0.05, 0) is 19.8 Å². The topological polar surface area (TPSA) is 69.4 Å². The molecule has 0 rings (SSSR count). The van der Waals surface area contributed by atoms with E-state index in [1.807, 2.05) is 13.8 Å². The summed E-state index contributed by atoms with van der Waals surface area (Å²) in [5.74, 6) is 0.813. The molecule has 1 amide bonds. The number of ether oxygens (including phenoxy) is 1. The summed E-state index contributed by atoms with van der Waals surface area (Å²) < 4.78 is 4.18. The Balaban J connectivity index is 0. The van der Waals surface area contributed by atoms with E-state index in [-0.39, 0.29) is 5.78 Å². The van der Waals surface area contributed by atoms with Gasteiger partial charge in [-0.3, -0.25) is 0 Å². The molecule has 0 unspecified atom stereocenters. The van der Waals surface area contributed by atoms with Crippen molar-refractivity contribution in [1.29, 1.82) is 0 Å². The molecular weight excluding hydrogens is 170 g/mol. The summed E-state index contributed by atoms with van der Waals surface area (Å²) in [6.45, 7) is 7.77. The molecule has 0 radical (unpaired) electrons. The second kappa shape index (κ2) is 9.03. The maximum Gasteiger partial charge on any atom is 0.404 e. The minimum Gasteiger partial charge on any atom is -0.450 e. The number of carbonyl (C=O) groups is 2. The fraction of sp³-hybridized carbons (Fsp3) is 0.778. The average molecular weight is 189 g/mol. The molecule has 0 bridgehead atoms. The average Bonchev–Trinajstić information content (AvgIpc) is 1.83. The first-order chi connectivity index (χ1) is 5.90. The number of ketones is 1. The van der Waals surface area contributed by atoms with Gasteiger partial charge in [0.1, 0.15) is 5.78 Å². The normalized spacial score (nSPS) is 8.69. The van der Waals surface area contributed by atoms with Crippen molar-refractivity contribution >= 4 is 11.9 Å². The van der Waals surface area contributed by atoms with Gasteiger partial charge < -0.3 is 15.3 Å². The maximum absolute atomic E-state index is 10.3. The van der Waals surface area contributed by atoms with Crippen LogP contribution in [-0.2, 0) is 9.53 Å². The minimum atomic E-state index is -0.711. The molecule has 0 saturated heterocycles. The Kier molecular flexibility index (Phi) is 10.0. The SMILES string of the molecule is CC(=O)CC(C)C.CCOC(N)=O. The number of primary amides is 1. The monoisotopic (exact) mass is 189 g/mol. The first kappa shape index (κ1) is 14.5. The van der Waals surface area contributed by atoms with Crippen LogP contribution in [0.5, 0.6) is 0 Å². The van der Waals surface area contributed by atoms with Crippen molar-refractivity contribution in [2.75, 3.05) is 6.61 Å². The van der Waals surface area contributed by atoms with Crippen LogP contribution >= 0.6 is 0 Å². The highest BCUT2D eigenvalue weighted by Gasteiger charge is 1.95. The smallest absolute Gasteiger partial charge is 0.404 e. The van der Waals surface area contributed by atoms with Gasteiger partial charge in [0.2, 0.25) is 0 Å². The Morgan fingerprint density at radius 1 is 1.38 bits per heavy atom. The molecule has 0 saturated carbocycles. The van der Waals surface area contributed by atoms with Gasteiger partial charge >= 0.3 is 6.09 Å². The lowest BCUT2D eigenvalue weighted by Crippen LogP contribution is -2.11. The standard InChI is InChI=1S/C6H12O.C3H7NO2/c1-5(2)4-6(3)7;1-2-6-3(4)5/h5H,4H2,1-3H3;2H2,1H3,(H2,4,5). The first-order valence-electron chi connectivity index (χ1n) is 4.31. The van der Waals surface area contributed by atoms with Crippen molar-refractivity contribution in [3.63, 3.8) is 0 Å². The molecule has 0 aromatic carbocycles. The summed E-state index contributed by atoms with van der Waals surface area (Å²) in [5, 5.41) is 0. The molecule has 0 aliphatic heterocycles. The third kappa shape index (κ3) is 24.8. The zero-order valence-corrected chi connectivity index (χ0v) is 8.79. The molecule has 78 valence electrons. The van der Waals surface area contributed by atoms with E-state index in [4.69, 9.17) is 0 Å². The molecule has 0 aromatic rings. The number of rotatable bonds is 3. The van der Waals surface area contributed by atoms with E-state index in [1.54, 1.807) is 13.8 Å². The zero-order chi connectivity index (χ0) is 10.9. The molecule has 4 nitrogen and oxygen atoms in total. The Labute approximate surface area is 79.4 Å². The van der Waals surface area contributed by atoms with Gasteiger partial charge in [-0.2, -0.15) is 0 Å². The fourth-order valence-electron chi connectivity index (χ4n) is 0.717. The van der Waals surface area contributed by atoms with Crippen LogP contribution in [0.2, 0.25) is 0 Å². The van der Waals surface area contributed by atoms with E-state index in [0.717, 1.165) is 6.42 Å². The summed E-state index contributed by atoms with van der Waals surface area (Å²) in [5.41, 5.74) is 4.54. The van der Waals surface area contributed by atoms with E-state index < -0.39 is 6.09 Å². The van der Waals surface area contributed by atoms with Crippen LogP contribution in [0.4, 0.5) is 4.79 Å². The van der Waals surface area contributed by atoms with Gasteiger partial charge in [-0.25, -0.2) is 4.79 Å². The third-order valence-electron chi connectivity index (χ3n) is 0.982. The lowest BCUT2D eigenvalue weighted by molar-refractivity contribution is -0.117. The lowest BCUT2D eigenvalue weighted by atomic mass is 10.1. The van der Waals surface area contributed by atoms with Crippen LogP contribution in [0.15, 0.2) is 0 Å². The van der Waals surface area contributed by atoms with Crippen LogP contribution in [-0.4, -0.2) is 18.5 Å². The molecule has 0 atom stereocenters. The Morgan fingerprint density at radius 2 is 1.85 bits per heavy atom. The van der Waals surface area contributed by atoms with Crippen molar-refractivity contribution in [2.24, 2.45) is 11.7 Å². The highest BCUT2D eigenvalue weighted by atomic mass is 16.5. The fourth-order valence-corrected chi connectivity index (χ4v) is 0.717. The van der Waals surface area contributed by atoms with Crippen LogP contribution in [0.1, 0.15) is 34.1 Å². The highest BCUT2D eigenvalue weighted by Crippen LogP contribution is 1.97. The highest BCUT2D eigenvalue weighted by molar-refractivity contribution is 5.75. The molecule has 4 heteroatoms. The van der Waals surface area contributed by atoms with Crippen LogP contribution in [0.25, 0.3) is 0 Å². The zero-order valence-electron chi connectivity index (χ0n) is 8.79. The molecule has 0 aliphatic carbocycles. The van der Waals surface area contributed by atoms with Crippen molar-refractivity contribution in [3.05, 3.63) is 0 Å². The van der Waals surface area contributed by atoms with E-state index in [1.165, 1.54) is 0 Å². The number of hydrogen-bond acceptors (Lipinski definition) is 3. The summed E-state index contributed by atoms with van der Waals surface area (Å²) in [4.78, 5) is 19.9. The second-order valence-corrected chi connectivity index (χ2v) is 3.05. The summed E-state index contributed by atoms with van der Waals surface area (Å²) in [6, 6.07) is 0. The van der Waals surface area contributed by atoms with Gasteiger partial charge in [0, 0.05) is 6.42 Å². The number of carbonyl (C=O) groups excluding carboxylic acids is 2. The Hall–Kier alpha value is -1.06. The number of nitrogens with two attached hydrogens (primary N) is 1. The van der Waals surface area contributed by atoms with Gasteiger partial charge in [-0.1, -0.05) is 13.8 Å². The molecular formula is C9H19NO3. The minimum absolute atomic E-state index is 0.287. The van der Waals surface area contributed by atoms with Crippen LogP contribution in [0.3, 0.4) is 0 Å². The third-order valence-corrected chi connectivity index (χ3v) is 0.982. The van der Waals surface area contributed by atoms with Crippen LogP contribution < -0.4 is 5.73 Å². The number of hydrogen-bond donors (Lipinski definition) is 1. The van der Waals surface area contributed by atoms with Crippen molar-refractivity contribution in [1.82, 2.24) is 0 Å². The quantitative estimate of drug-likeness (QED) is 0.734. The largest absolute Gasteiger partial charge is 0.450 e. The Bertz CT molecular complexity index is 155. The lowest BCUT2D eigenvalue weighted by Gasteiger charge is -1.95. The van der Waals surface area contributed by atoms with Crippen molar-refractivity contribution < 1.29 is 14.3 Å². The maximum atomic E-state index is 10.3. The summed E-state index contributed by atoms with van der Waals surface area (Å²) >= 11 is 0. The van der Waals surface area contributed by atoms with E-state index in [0.29, 0.717) is 12.5 Å². The van der Waals surface area contributed by atoms with E-state index >= 15 is 0 Å². The molecule has 0 aromatic heterocycles. The van der Waals surface area contributed by atoms with Crippen molar-refractivity contribution in [2.45, 2.75) is 34.1 Å². The second-order valence-electron chi connectivity index (χ2n) is 3.05. The molecule has 2 N–H and O–H groups in total. The first-order valence-corrected chi connectivity index (χ1v) is 4.31. The van der Waals surface area contributed by atoms with Crippen LogP contribution in [0, 0.1) is 5.92 Å². The molecule has 13 heavy (non-hydrogen) atoms. The van der Waals surface area contributed by atoms with E-state index in [9.17, 15) is 9.59 Å². The molecule has 0 heterocycles. The Morgan fingerprint density at radius 3 is 1.85 bits per heavy atom.